The molecule has 2 N–H and O–H groups in total. The van der Waals surface area contributed by atoms with E-state index in [2.05, 4.69) is 39.2 Å². The number of hydrogen-bond acceptors (Lipinski definition) is 5. The van der Waals surface area contributed by atoms with Crippen LogP contribution in [0.2, 0.25) is 0 Å². The fourth-order valence-electron chi connectivity index (χ4n) is 4.11. The van der Waals surface area contributed by atoms with Crippen molar-refractivity contribution >= 4 is 23.7 Å². The highest BCUT2D eigenvalue weighted by Crippen LogP contribution is 2.41. The van der Waals surface area contributed by atoms with Gasteiger partial charge in [0, 0.05) is 44.2 Å². The average Bonchev–Trinajstić information content (AvgIpc) is 2.98. The molecule has 2 saturated heterocycles. The van der Waals surface area contributed by atoms with Crippen molar-refractivity contribution in [3.05, 3.63) is 54.2 Å². The van der Waals surface area contributed by atoms with E-state index in [1.54, 1.807) is 6.20 Å². The first-order chi connectivity index (χ1) is 13.1. The minimum atomic E-state index is 0.104. The monoisotopic (exact) mass is 363 g/mol. The molecule has 1 spiro atoms. The van der Waals surface area contributed by atoms with E-state index in [0.29, 0.717) is 18.9 Å². The van der Waals surface area contributed by atoms with E-state index in [-0.39, 0.29) is 11.3 Å². The highest BCUT2D eigenvalue weighted by Gasteiger charge is 2.44. The molecular weight excluding hydrogens is 338 g/mol. The molecule has 27 heavy (non-hydrogen) atoms. The van der Waals surface area contributed by atoms with Gasteiger partial charge in [0.2, 0.25) is 11.9 Å². The fourth-order valence-corrected chi connectivity index (χ4v) is 4.11. The number of benzene rings is 1. The van der Waals surface area contributed by atoms with Gasteiger partial charge in [0.05, 0.1) is 0 Å². The molecule has 0 aliphatic carbocycles. The molecule has 0 bridgehead atoms. The van der Waals surface area contributed by atoms with Gasteiger partial charge in [0.15, 0.2) is 0 Å². The number of carbonyl (C=O) groups is 1. The number of anilines is 2. The summed E-state index contributed by atoms with van der Waals surface area (Å²) in [7, 11) is 0. The van der Waals surface area contributed by atoms with Gasteiger partial charge in [-0.2, -0.15) is 4.98 Å². The lowest BCUT2D eigenvalue weighted by atomic mass is 9.77. The maximum absolute atomic E-state index is 12.5. The van der Waals surface area contributed by atoms with Gasteiger partial charge in [-0.1, -0.05) is 42.5 Å². The summed E-state index contributed by atoms with van der Waals surface area (Å²) in [6, 6.07) is 12.1. The summed E-state index contributed by atoms with van der Waals surface area (Å²) in [5, 5.41) is 0. The first-order valence-electron chi connectivity index (χ1n) is 9.46. The van der Waals surface area contributed by atoms with Gasteiger partial charge in [-0.05, 0) is 24.5 Å². The molecule has 2 fully saturated rings. The van der Waals surface area contributed by atoms with E-state index in [0.717, 1.165) is 43.9 Å². The van der Waals surface area contributed by atoms with E-state index in [9.17, 15) is 4.79 Å². The number of hydrogen-bond donors (Lipinski definition) is 1. The number of rotatable bonds is 4. The van der Waals surface area contributed by atoms with Crippen molar-refractivity contribution in [3.8, 4) is 0 Å². The van der Waals surface area contributed by atoms with Crippen LogP contribution in [0, 0.1) is 5.41 Å². The maximum atomic E-state index is 12.5. The quantitative estimate of drug-likeness (QED) is 0.904. The highest BCUT2D eigenvalue weighted by atomic mass is 16.2. The second kappa shape index (κ2) is 7.39. The van der Waals surface area contributed by atoms with E-state index in [1.165, 1.54) is 0 Å². The maximum Gasteiger partial charge on any atom is 0.223 e. The third-order valence-corrected chi connectivity index (χ3v) is 5.65. The first-order valence-corrected chi connectivity index (χ1v) is 9.46. The fraction of sp³-hybridized carbons (Fsp3) is 0.381. The molecule has 0 radical (unpaired) electrons. The summed E-state index contributed by atoms with van der Waals surface area (Å²) in [6.07, 6.45) is 8.53. The molecule has 0 unspecified atom stereocenters. The zero-order chi connectivity index (χ0) is 18.7. The topological polar surface area (TPSA) is 75.3 Å². The Balaban J connectivity index is 1.34. The van der Waals surface area contributed by atoms with Gasteiger partial charge in [0.25, 0.3) is 0 Å². The van der Waals surface area contributed by atoms with Crippen LogP contribution in [0.15, 0.2) is 48.7 Å². The van der Waals surface area contributed by atoms with Crippen LogP contribution in [-0.4, -0.2) is 47.0 Å². The van der Waals surface area contributed by atoms with Crippen molar-refractivity contribution < 1.29 is 4.79 Å². The van der Waals surface area contributed by atoms with Crippen LogP contribution in [0.3, 0.4) is 0 Å². The molecular formula is C21H25N5O. The van der Waals surface area contributed by atoms with Gasteiger partial charge < -0.3 is 15.5 Å². The Morgan fingerprint density at radius 1 is 1.15 bits per heavy atom. The van der Waals surface area contributed by atoms with Crippen molar-refractivity contribution in [1.82, 2.24) is 14.9 Å². The Morgan fingerprint density at radius 3 is 2.67 bits per heavy atom. The number of aromatic nitrogens is 2. The van der Waals surface area contributed by atoms with Gasteiger partial charge in [-0.15, -0.1) is 0 Å². The predicted octanol–water partition coefficient (Wildman–Crippen LogP) is 2.59. The molecule has 140 valence electrons. The lowest BCUT2D eigenvalue weighted by molar-refractivity contribution is -0.127. The van der Waals surface area contributed by atoms with E-state index >= 15 is 0 Å². The van der Waals surface area contributed by atoms with E-state index < -0.39 is 0 Å². The lowest BCUT2D eigenvalue weighted by Crippen LogP contribution is -2.42. The van der Waals surface area contributed by atoms with Gasteiger partial charge in [-0.25, -0.2) is 4.98 Å². The number of amides is 1. The molecule has 0 atom stereocenters. The van der Waals surface area contributed by atoms with Crippen molar-refractivity contribution in [3.63, 3.8) is 0 Å². The molecule has 2 aliphatic heterocycles. The van der Waals surface area contributed by atoms with Gasteiger partial charge in [0.1, 0.15) is 5.82 Å². The van der Waals surface area contributed by atoms with Crippen LogP contribution in [0.1, 0.15) is 24.8 Å². The normalized spacial score (nSPS) is 19.3. The van der Waals surface area contributed by atoms with Gasteiger partial charge >= 0.3 is 0 Å². The Labute approximate surface area is 159 Å². The third-order valence-electron chi connectivity index (χ3n) is 5.65. The van der Waals surface area contributed by atoms with E-state index in [4.69, 9.17) is 5.73 Å². The molecule has 1 amide bonds. The second-order valence-corrected chi connectivity index (χ2v) is 7.52. The van der Waals surface area contributed by atoms with Crippen LogP contribution in [0.5, 0.6) is 0 Å². The standard InChI is InChI=1S/C21H25N5O/c22-20-23-11-8-18(24-20)25-13-9-21(10-14-25)15-19(27)26(16-21)12-4-7-17-5-2-1-3-6-17/h1-8,11H,9-10,12-16H2,(H2,22,23,24). The molecule has 6 heteroatoms. The number of carbonyl (C=O) groups excluding carboxylic acids is 1. The summed E-state index contributed by atoms with van der Waals surface area (Å²) in [5.41, 5.74) is 6.97. The first kappa shape index (κ1) is 17.5. The second-order valence-electron chi connectivity index (χ2n) is 7.52. The SMILES string of the molecule is Nc1nccc(N2CCC3(CC2)CC(=O)N(CC=Cc2ccccc2)C3)n1. The molecule has 0 saturated carbocycles. The number of piperidine rings is 1. The highest BCUT2D eigenvalue weighted by molar-refractivity contribution is 5.80. The number of nitrogen functional groups attached to an aromatic ring is 1. The summed E-state index contributed by atoms with van der Waals surface area (Å²) >= 11 is 0. The largest absolute Gasteiger partial charge is 0.368 e. The van der Waals surface area contributed by atoms with Gasteiger partial charge in [-0.3, -0.25) is 4.79 Å². The van der Waals surface area contributed by atoms with Crippen LogP contribution in [0.4, 0.5) is 11.8 Å². The van der Waals surface area contributed by atoms with Crippen molar-refractivity contribution in [2.75, 3.05) is 36.8 Å². The van der Waals surface area contributed by atoms with Crippen LogP contribution < -0.4 is 10.6 Å². The van der Waals surface area contributed by atoms with Crippen molar-refractivity contribution in [1.29, 1.82) is 0 Å². The molecule has 3 heterocycles. The molecule has 6 nitrogen and oxygen atoms in total. The average molecular weight is 363 g/mol. The molecule has 4 rings (SSSR count). The zero-order valence-corrected chi connectivity index (χ0v) is 15.4. The lowest BCUT2D eigenvalue weighted by Gasteiger charge is -2.39. The zero-order valence-electron chi connectivity index (χ0n) is 15.4. The Kier molecular flexibility index (Phi) is 4.79. The smallest absolute Gasteiger partial charge is 0.223 e. The van der Waals surface area contributed by atoms with Crippen molar-refractivity contribution in [2.24, 2.45) is 5.41 Å². The van der Waals surface area contributed by atoms with Crippen LogP contribution in [-0.2, 0) is 4.79 Å². The summed E-state index contributed by atoms with van der Waals surface area (Å²) in [5.74, 6) is 1.46. The Hall–Kier alpha value is -2.89. The summed E-state index contributed by atoms with van der Waals surface area (Å²) in [4.78, 5) is 25.0. The Bertz CT molecular complexity index is 827. The minimum Gasteiger partial charge on any atom is -0.368 e. The molecule has 1 aromatic carbocycles. The number of likely N-dealkylation sites (tertiary alicyclic amines) is 1. The van der Waals surface area contributed by atoms with Crippen LogP contribution >= 0.6 is 0 Å². The molecule has 2 aromatic rings. The summed E-state index contributed by atoms with van der Waals surface area (Å²) < 4.78 is 0. The predicted molar refractivity (Wildman–Crippen MR) is 107 cm³/mol. The Morgan fingerprint density at radius 2 is 1.93 bits per heavy atom. The van der Waals surface area contributed by atoms with Crippen molar-refractivity contribution in [2.45, 2.75) is 19.3 Å². The number of nitrogens with two attached hydrogens (primary N) is 1. The molecule has 1 aromatic heterocycles. The van der Waals surface area contributed by atoms with Crippen LogP contribution in [0.25, 0.3) is 6.08 Å². The third kappa shape index (κ3) is 3.94. The van der Waals surface area contributed by atoms with E-state index in [1.807, 2.05) is 29.2 Å². The molecule has 2 aliphatic rings. The number of nitrogens with zero attached hydrogens (tertiary/aromatic N) is 4. The summed E-state index contributed by atoms with van der Waals surface area (Å²) in [6.45, 7) is 3.33. The minimum absolute atomic E-state index is 0.104.